The average Bonchev–Trinajstić information content (AvgIpc) is 2.85. The molecule has 0 saturated carbocycles. The summed E-state index contributed by atoms with van der Waals surface area (Å²) < 4.78 is 8.16. The Morgan fingerprint density at radius 2 is 2.25 bits per heavy atom. The van der Waals surface area contributed by atoms with E-state index in [4.69, 9.17) is 4.74 Å². The summed E-state index contributed by atoms with van der Waals surface area (Å²) >= 11 is 0. The zero-order chi connectivity index (χ0) is 13.9. The van der Waals surface area contributed by atoms with Gasteiger partial charge in [-0.1, -0.05) is 25.1 Å². The third-order valence-electron chi connectivity index (χ3n) is 4.22. The number of aromatic nitrogens is 2. The monoisotopic (exact) mass is 273 g/mol. The molecule has 1 aliphatic rings. The van der Waals surface area contributed by atoms with Crippen LogP contribution in [0, 0.1) is 5.92 Å². The number of hydrogen-bond acceptors (Lipinski definition) is 3. The van der Waals surface area contributed by atoms with E-state index in [1.54, 1.807) is 0 Å². The Kier molecular flexibility index (Phi) is 4.03. The first-order chi connectivity index (χ1) is 9.79. The van der Waals surface area contributed by atoms with Crippen molar-refractivity contribution in [2.24, 2.45) is 5.92 Å². The van der Waals surface area contributed by atoms with Gasteiger partial charge in [0.25, 0.3) is 0 Å². The summed E-state index contributed by atoms with van der Waals surface area (Å²) in [6, 6.07) is 8.39. The highest BCUT2D eigenvalue weighted by Gasteiger charge is 2.22. The van der Waals surface area contributed by atoms with Crippen molar-refractivity contribution in [3.63, 3.8) is 0 Å². The molecule has 108 valence electrons. The maximum Gasteiger partial charge on any atom is 0.0960 e. The zero-order valence-electron chi connectivity index (χ0n) is 12.3. The first kappa shape index (κ1) is 13.6. The molecular weight excluding hydrogens is 250 g/mol. The van der Waals surface area contributed by atoms with Crippen LogP contribution in [0.3, 0.4) is 0 Å². The third-order valence-corrected chi connectivity index (χ3v) is 4.22. The molecule has 1 aromatic heterocycles. The van der Waals surface area contributed by atoms with Crippen molar-refractivity contribution in [1.82, 2.24) is 15.1 Å². The molecule has 0 radical (unpaired) electrons. The largest absolute Gasteiger partial charge is 0.370 e. The van der Waals surface area contributed by atoms with E-state index in [0.717, 1.165) is 25.3 Å². The standard InChI is InChI=1S/C16H23N3O/c1-3-19-15-7-5-4-6-13(15)14(18-19)11-20-16-10-17-9-8-12(16)2/h4-7,12,16-17H,3,8-11H2,1-2H3. The quantitative estimate of drug-likeness (QED) is 0.930. The van der Waals surface area contributed by atoms with E-state index in [-0.39, 0.29) is 0 Å². The highest BCUT2D eigenvalue weighted by Crippen LogP contribution is 2.21. The van der Waals surface area contributed by atoms with Gasteiger partial charge in [0.1, 0.15) is 0 Å². The number of nitrogens with zero attached hydrogens (tertiary/aromatic N) is 2. The van der Waals surface area contributed by atoms with Crippen molar-refractivity contribution in [2.45, 2.75) is 39.5 Å². The Hall–Kier alpha value is -1.39. The van der Waals surface area contributed by atoms with Crippen LogP contribution in [-0.4, -0.2) is 29.0 Å². The normalized spacial score (nSPS) is 23.3. The molecule has 2 unspecified atom stereocenters. The lowest BCUT2D eigenvalue weighted by atomic mass is 9.97. The number of aryl methyl sites for hydroxylation is 1. The Morgan fingerprint density at radius 1 is 1.40 bits per heavy atom. The second-order valence-corrected chi connectivity index (χ2v) is 5.60. The van der Waals surface area contributed by atoms with Crippen molar-refractivity contribution in [3.8, 4) is 0 Å². The van der Waals surface area contributed by atoms with Gasteiger partial charge in [-0.3, -0.25) is 4.68 Å². The van der Waals surface area contributed by atoms with Gasteiger partial charge >= 0.3 is 0 Å². The molecule has 0 spiro atoms. The molecule has 20 heavy (non-hydrogen) atoms. The molecule has 0 aliphatic carbocycles. The van der Waals surface area contributed by atoms with Crippen LogP contribution >= 0.6 is 0 Å². The molecule has 2 heterocycles. The fraction of sp³-hybridized carbons (Fsp3) is 0.562. The summed E-state index contributed by atoms with van der Waals surface area (Å²) in [7, 11) is 0. The van der Waals surface area contributed by atoms with E-state index in [1.807, 2.05) is 0 Å². The summed E-state index contributed by atoms with van der Waals surface area (Å²) in [4.78, 5) is 0. The second kappa shape index (κ2) is 5.94. The molecule has 2 aromatic rings. The Balaban J connectivity index is 1.77. The molecule has 1 aliphatic heterocycles. The predicted molar refractivity (Wildman–Crippen MR) is 80.6 cm³/mol. The molecule has 4 heteroatoms. The van der Waals surface area contributed by atoms with E-state index in [2.05, 4.69) is 53.2 Å². The van der Waals surface area contributed by atoms with E-state index in [1.165, 1.54) is 17.3 Å². The summed E-state index contributed by atoms with van der Waals surface area (Å²) in [6.07, 6.45) is 1.49. The number of benzene rings is 1. The molecule has 3 rings (SSSR count). The van der Waals surface area contributed by atoms with Gasteiger partial charge in [0.2, 0.25) is 0 Å². The predicted octanol–water partition coefficient (Wildman–Crippen LogP) is 2.57. The van der Waals surface area contributed by atoms with Gasteiger partial charge in [0, 0.05) is 18.5 Å². The number of nitrogens with one attached hydrogen (secondary N) is 1. The fourth-order valence-electron chi connectivity index (χ4n) is 2.91. The highest BCUT2D eigenvalue weighted by molar-refractivity contribution is 5.81. The lowest BCUT2D eigenvalue weighted by Crippen LogP contribution is -2.40. The van der Waals surface area contributed by atoms with Crippen LogP contribution in [0.4, 0.5) is 0 Å². The van der Waals surface area contributed by atoms with Gasteiger partial charge in [-0.05, 0) is 31.9 Å². The average molecular weight is 273 g/mol. The summed E-state index contributed by atoms with van der Waals surface area (Å²) in [6.45, 7) is 7.94. The molecule has 1 saturated heterocycles. The van der Waals surface area contributed by atoms with Crippen LogP contribution < -0.4 is 5.32 Å². The zero-order valence-corrected chi connectivity index (χ0v) is 12.3. The molecule has 0 amide bonds. The molecule has 1 aromatic carbocycles. The molecular formula is C16H23N3O. The minimum absolute atomic E-state index is 0.300. The van der Waals surface area contributed by atoms with Crippen LogP contribution in [0.15, 0.2) is 24.3 Å². The number of rotatable bonds is 4. The van der Waals surface area contributed by atoms with Gasteiger partial charge in [0.05, 0.1) is 23.9 Å². The van der Waals surface area contributed by atoms with Gasteiger partial charge < -0.3 is 10.1 Å². The lowest BCUT2D eigenvalue weighted by Gasteiger charge is -2.29. The van der Waals surface area contributed by atoms with E-state index < -0.39 is 0 Å². The van der Waals surface area contributed by atoms with Crippen molar-refractivity contribution < 1.29 is 4.74 Å². The fourth-order valence-corrected chi connectivity index (χ4v) is 2.91. The van der Waals surface area contributed by atoms with Crippen LogP contribution in [0.1, 0.15) is 26.0 Å². The van der Waals surface area contributed by atoms with Crippen LogP contribution in [0.25, 0.3) is 10.9 Å². The van der Waals surface area contributed by atoms with E-state index >= 15 is 0 Å². The van der Waals surface area contributed by atoms with Gasteiger partial charge in [0.15, 0.2) is 0 Å². The minimum atomic E-state index is 0.300. The van der Waals surface area contributed by atoms with Gasteiger partial charge in [-0.25, -0.2) is 0 Å². The maximum absolute atomic E-state index is 6.11. The number of fused-ring (bicyclic) bond motifs is 1. The van der Waals surface area contributed by atoms with E-state index in [0.29, 0.717) is 18.6 Å². The Bertz CT molecular complexity index is 578. The van der Waals surface area contributed by atoms with Crippen molar-refractivity contribution in [2.75, 3.05) is 13.1 Å². The number of para-hydroxylation sites is 1. The number of hydrogen-bond donors (Lipinski definition) is 1. The minimum Gasteiger partial charge on any atom is -0.370 e. The van der Waals surface area contributed by atoms with Gasteiger partial charge in [-0.15, -0.1) is 0 Å². The Morgan fingerprint density at radius 3 is 3.05 bits per heavy atom. The molecule has 2 atom stereocenters. The first-order valence-corrected chi connectivity index (χ1v) is 7.56. The lowest BCUT2D eigenvalue weighted by molar-refractivity contribution is -0.00769. The highest BCUT2D eigenvalue weighted by atomic mass is 16.5. The second-order valence-electron chi connectivity index (χ2n) is 5.60. The van der Waals surface area contributed by atoms with Crippen LogP contribution in [0.5, 0.6) is 0 Å². The van der Waals surface area contributed by atoms with Crippen LogP contribution in [-0.2, 0) is 17.9 Å². The molecule has 4 nitrogen and oxygen atoms in total. The smallest absolute Gasteiger partial charge is 0.0960 e. The van der Waals surface area contributed by atoms with Crippen LogP contribution in [0.2, 0.25) is 0 Å². The number of piperidine rings is 1. The topological polar surface area (TPSA) is 39.1 Å². The van der Waals surface area contributed by atoms with Crippen molar-refractivity contribution >= 4 is 10.9 Å². The maximum atomic E-state index is 6.11. The summed E-state index contributed by atoms with van der Waals surface area (Å²) in [5, 5.41) is 9.31. The first-order valence-electron chi connectivity index (χ1n) is 7.56. The molecule has 0 bridgehead atoms. The number of ether oxygens (including phenoxy) is 1. The summed E-state index contributed by atoms with van der Waals surface area (Å²) in [5.74, 6) is 0.621. The van der Waals surface area contributed by atoms with Crippen molar-refractivity contribution in [3.05, 3.63) is 30.0 Å². The molecule has 1 fully saturated rings. The SMILES string of the molecule is CCn1nc(COC2CNCCC2C)c2ccccc21. The van der Waals surface area contributed by atoms with Crippen molar-refractivity contribution in [1.29, 1.82) is 0 Å². The van der Waals surface area contributed by atoms with E-state index in [9.17, 15) is 0 Å². The Labute approximate surface area is 120 Å². The summed E-state index contributed by atoms with van der Waals surface area (Å²) in [5.41, 5.74) is 2.25. The third kappa shape index (κ3) is 2.58. The molecule has 1 N–H and O–H groups in total. The van der Waals surface area contributed by atoms with Gasteiger partial charge in [-0.2, -0.15) is 5.10 Å².